The van der Waals surface area contributed by atoms with Gasteiger partial charge < -0.3 is 23.6 Å². The highest BCUT2D eigenvalue weighted by Crippen LogP contribution is 2.37. The van der Waals surface area contributed by atoms with Gasteiger partial charge >= 0.3 is 0 Å². The van der Waals surface area contributed by atoms with Crippen molar-refractivity contribution < 1.29 is 18.6 Å². The lowest BCUT2D eigenvalue weighted by molar-refractivity contribution is 0.163. The van der Waals surface area contributed by atoms with E-state index in [9.17, 15) is 4.79 Å². The van der Waals surface area contributed by atoms with E-state index in [1.807, 2.05) is 48.5 Å². The highest BCUT2D eigenvalue weighted by molar-refractivity contribution is 6.31. The zero-order valence-corrected chi connectivity index (χ0v) is 21.8. The van der Waals surface area contributed by atoms with Crippen LogP contribution in [0.15, 0.2) is 70.1 Å². The molecule has 0 saturated carbocycles. The summed E-state index contributed by atoms with van der Waals surface area (Å²) in [5.74, 6) is 2.40. The monoisotopic (exact) mass is 548 g/mol. The fraction of sp³-hybridized carbons (Fsp3) is 0.259. The molecule has 5 aromatic rings. The SMILES string of the molecule is COCCn1nnnc1[C@@H](c1cc2cc3c(cc2[nH]c1=O)OCO3)N(Cc1ccco1)Cc1ccccc1Cl. The number of furan rings is 1. The number of nitrogens with one attached hydrogen (secondary N) is 1. The van der Waals surface area contributed by atoms with Crippen molar-refractivity contribution >= 4 is 22.5 Å². The average Bonchev–Trinajstić information content (AvgIpc) is 3.71. The highest BCUT2D eigenvalue weighted by atomic mass is 35.5. The summed E-state index contributed by atoms with van der Waals surface area (Å²) in [5, 5.41) is 13.9. The third kappa shape index (κ3) is 5.11. The van der Waals surface area contributed by atoms with Crippen LogP contribution in [0.2, 0.25) is 5.02 Å². The Balaban J connectivity index is 1.53. The number of H-pyrrole nitrogens is 1. The van der Waals surface area contributed by atoms with Gasteiger partial charge in [-0.2, -0.15) is 0 Å². The molecule has 0 unspecified atom stereocenters. The molecule has 0 spiro atoms. The molecule has 1 N–H and O–H groups in total. The lowest BCUT2D eigenvalue weighted by Gasteiger charge is -2.30. The Kier molecular flexibility index (Phi) is 7.01. The van der Waals surface area contributed by atoms with Gasteiger partial charge in [0.05, 0.1) is 31.5 Å². The molecule has 0 bridgehead atoms. The maximum Gasteiger partial charge on any atom is 0.253 e. The molecule has 0 amide bonds. The molecular weight excluding hydrogens is 524 g/mol. The Bertz CT molecular complexity index is 1650. The second-order valence-corrected chi connectivity index (χ2v) is 9.49. The van der Waals surface area contributed by atoms with Gasteiger partial charge in [-0.05, 0) is 46.3 Å². The summed E-state index contributed by atoms with van der Waals surface area (Å²) in [6, 6.07) is 16.1. The number of methoxy groups -OCH3 is 1. The summed E-state index contributed by atoms with van der Waals surface area (Å²) in [5.41, 5.74) is 1.69. The van der Waals surface area contributed by atoms with E-state index < -0.39 is 6.04 Å². The van der Waals surface area contributed by atoms with Crippen molar-refractivity contribution in [2.45, 2.75) is 25.7 Å². The third-order valence-electron chi connectivity index (χ3n) is 6.61. The Morgan fingerprint density at radius 1 is 1.13 bits per heavy atom. The van der Waals surface area contributed by atoms with E-state index in [1.54, 1.807) is 24.1 Å². The first-order valence-corrected chi connectivity index (χ1v) is 12.7. The lowest BCUT2D eigenvalue weighted by Crippen LogP contribution is -2.35. The van der Waals surface area contributed by atoms with E-state index in [2.05, 4.69) is 25.4 Å². The van der Waals surface area contributed by atoms with Gasteiger partial charge in [-0.3, -0.25) is 9.69 Å². The van der Waals surface area contributed by atoms with Crippen LogP contribution in [-0.4, -0.2) is 50.6 Å². The number of rotatable bonds is 10. The number of pyridine rings is 1. The second kappa shape index (κ2) is 10.9. The van der Waals surface area contributed by atoms with Gasteiger partial charge in [0, 0.05) is 35.7 Å². The fourth-order valence-electron chi connectivity index (χ4n) is 4.75. The van der Waals surface area contributed by atoms with Crippen LogP contribution >= 0.6 is 11.6 Å². The maximum atomic E-state index is 13.7. The van der Waals surface area contributed by atoms with Gasteiger partial charge in [-0.25, -0.2) is 4.68 Å². The Hall–Kier alpha value is -4.19. The number of fused-ring (bicyclic) bond motifs is 2. The molecule has 6 rings (SSSR count). The van der Waals surface area contributed by atoms with Crippen molar-refractivity contribution in [2.75, 3.05) is 20.5 Å². The predicted molar refractivity (Wildman–Crippen MR) is 142 cm³/mol. The van der Waals surface area contributed by atoms with Gasteiger partial charge in [0.25, 0.3) is 5.56 Å². The van der Waals surface area contributed by atoms with E-state index in [4.69, 9.17) is 30.2 Å². The molecule has 2 aromatic carbocycles. The molecule has 1 aliphatic heterocycles. The topological polar surface area (TPSA) is 121 Å². The number of hydrogen-bond acceptors (Lipinski definition) is 9. The van der Waals surface area contributed by atoms with Crippen molar-refractivity contribution in [3.8, 4) is 11.5 Å². The van der Waals surface area contributed by atoms with E-state index in [0.717, 1.165) is 10.9 Å². The summed E-state index contributed by atoms with van der Waals surface area (Å²) in [4.78, 5) is 18.8. The minimum Gasteiger partial charge on any atom is -0.468 e. The molecule has 200 valence electrons. The Morgan fingerprint density at radius 2 is 1.97 bits per heavy atom. The number of aromatic amines is 1. The predicted octanol–water partition coefficient (Wildman–Crippen LogP) is 3.93. The Labute approximate surface area is 227 Å². The minimum absolute atomic E-state index is 0.133. The number of ether oxygens (including phenoxy) is 3. The molecule has 0 fully saturated rings. The van der Waals surface area contributed by atoms with Crippen molar-refractivity contribution in [1.29, 1.82) is 0 Å². The molecule has 1 aliphatic rings. The van der Waals surface area contributed by atoms with Crippen LogP contribution in [0.5, 0.6) is 11.5 Å². The van der Waals surface area contributed by atoms with Crippen molar-refractivity contribution in [3.63, 3.8) is 0 Å². The summed E-state index contributed by atoms with van der Waals surface area (Å²) < 4.78 is 23.7. The smallest absolute Gasteiger partial charge is 0.253 e. The molecule has 11 nitrogen and oxygen atoms in total. The maximum absolute atomic E-state index is 13.7. The van der Waals surface area contributed by atoms with E-state index in [0.29, 0.717) is 65.4 Å². The van der Waals surface area contributed by atoms with Crippen LogP contribution in [0.25, 0.3) is 10.9 Å². The van der Waals surface area contributed by atoms with Crippen molar-refractivity contribution in [3.05, 3.63) is 98.9 Å². The quantitative estimate of drug-likeness (QED) is 0.277. The summed E-state index contributed by atoms with van der Waals surface area (Å²) in [7, 11) is 1.61. The van der Waals surface area contributed by atoms with Gasteiger partial charge in [0.1, 0.15) is 11.8 Å². The molecule has 0 aliphatic carbocycles. The zero-order chi connectivity index (χ0) is 26.8. The first kappa shape index (κ1) is 25.1. The van der Waals surface area contributed by atoms with E-state index in [-0.39, 0.29) is 12.4 Å². The number of benzene rings is 2. The molecule has 3 aromatic heterocycles. The molecule has 12 heteroatoms. The normalized spacial score (nSPS) is 13.4. The molecule has 0 saturated heterocycles. The highest BCUT2D eigenvalue weighted by Gasteiger charge is 2.32. The van der Waals surface area contributed by atoms with Gasteiger partial charge in [-0.15, -0.1) is 5.10 Å². The van der Waals surface area contributed by atoms with Crippen LogP contribution in [-0.2, 0) is 24.4 Å². The Morgan fingerprint density at radius 3 is 2.77 bits per heavy atom. The lowest BCUT2D eigenvalue weighted by atomic mass is 10.0. The number of aromatic nitrogens is 5. The molecule has 0 radical (unpaired) electrons. The van der Waals surface area contributed by atoms with Crippen molar-refractivity contribution in [1.82, 2.24) is 30.1 Å². The third-order valence-corrected chi connectivity index (χ3v) is 6.98. The van der Waals surface area contributed by atoms with E-state index >= 15 is 0 Å². The summed E-state index contributed by atoms with van der Waals surface area (Å²) >= 11 is 6.58. The first-order chi connectivity index (χ1) is 19.1. The van der Waals surface area contributed by atoms with Gasteiger partial charge in [0.2, 0.25) is 6.79 Å². The van der Waals surface area contributed by atoms with Crippen LogP contribution in [0.1, 0.15) is 28.8 Å². The number of tetrazole rings is 1. The second-order valence-electron chi connectivity index (χ2n) is 9.08. The average molecular weight is 549 g/mol. The molecule has 4 heterocycles. The summed E-state index contributed by atoms with van der Waals surface area (Å²) in [6.45, 7) is 1.68. The molecule has 39 heavy (non-hydrogen) atoms. The van der Waals surface area contributed by atoms with Gasteiger partial charge in [-0.1, -0.05) is 29.8 Å². The van der Waals surface area contributed by atoms with E-state index in [1.165, 1.54) is 0 Å². The first-order valence-electron chi connectivity index (χ1n) is 12.3. The zero-order valence-electron chi connectivity index (χ0n) is 21.0. The largest absolute Gasteiger partial charge is 0.468 e. The molecular formula is C27H25ClN6O5. The van der Waals surface area contributed by atoms with Crippen LogP contribution in [0.3, 0.4) is 0 Å². The number of hydrogen-bond donors (Lipinski definition) is 1. The fourth-order valence-corrected chi connectivity index (χ4v) is 4.94. The summed E-state index contributed by atoms with van der Waals surface area (Å²) in [6.07, 6.45) is 1.62. The standard InChI is InChI=1S/C27H25ClN6O5/c1-36-10-8-34-26(30-31-32-34)25(20-11-18-12-23-24(39-16-38-23)13-22(18)29-27(20)35)33(15-19-6-4-9-37-19)14-17-5-2-3-7-21(17)28/h2-7,9,11-13,25H,8,10,14-16H2,1H3,(H,29,35)/t25-/m1/s1. The minimum atomic E-state index is -0.670. The number of halogens is 1. The van der Waals surface area contributed by atoms with Crippen LogP contribution in [0, 0.1) is 0 Å². The molecule has 1 atom stereocenters. The van der Waals surface area contributed by atoms with Crippen molar-refractivity contribution in [2.24, 2.45) is 0 Å². The van der Waals surface area contributed by atoms with Gasteiger partial charge in [0.15, 0.2) is 17.3 Å². The van der Waals surface area contributed by atoms with Crippen LogP contribution < -0.4 is 15.0 Å². The van der Waals surface area contributed by atoms with Crippen LogP contribution in [0.4, 0.5) is 0 Å². The number of nitrogens with zero attached hydrogens (tertiary/aromatic N) is 5.